The summed E-state index contributed by atoms with van der Waals surface area (Å²) in [5, 5.41) is 12.0. The molecule has 0 saturated heterocycles. The minimum absolute atomic E-state index is 0.0765. The van der Waals surface area contributed by atoms with Crippen molar-refractivity contribution in [1.29, 1.82) is 0 Å². The van der Waals surface area contributed by atoms with Crippen LogP contribution in [0.2, 0.25) is 0 Å². The van der Waals surface area contributed by atoms with E-state index in [0.29, 0.717) is 5.16 Å². The quantitative estimate of drug-likeness (QED) is 0.630. The minimum atomic E-state index is -0.0765. The number of benzene rings is 2. The van der Waals surface area contributed by atoms with Crippen LogP contribution in [0.15, 0.2) is 58.2 Å². The van der Waals surface area contributed by atoms with Gasteiger partial charge in [0.2, 0.25) is 5.91 Å². The van der Waals surface area contributed by atoms with Gasteiger partial charge in [-0.05, 0) is 37.3 Å². The van der Waals surface area contributed by atoms with Crippen molar-refractivity contribution in [2.24, 2.45) is 7.05 Å². The molecule has 1 aromatic heterocycles. The Morgan fingerprint density at radius 3 is 2.68 bits per heavy atom. The lowest BCUT2D eigenvalue weighted by molar-refractivity contribution is -0.113. The van der Waals surface area contributed by atoms with Crippen LogP contribution >= 0.6 is 27.7 Å². The predicted molar refractivity (Wildman–Crippen MR) is 105 cm³/mol. The Morgan fingerprint density at radius 2 is 1.96 bits per heavy atom. The molecule has 0 aliphatic rings. The van der Waals surface area contributed by atoms with Crippen molar-refractivity contribution >= 4 is 39.3 Å². The highest BCUT2D eigenvalue weighted by molar-refractivity contribution is 9.10. The van der Waals surface area contributed by atoms with Crippen LogP contribution in [0.4, 0.5) is 5.69 Å². The number of rotatable bonds is 5. The van der Waals surface area contributed by atoms with Gasteiger partial charge >= 0.3 is 0 Å². The largest absolute Gasteiger partial charge is 0.325 e. The molecular weight excluding hydrogens is 400 g/mol. The number of thioether (sulfide) groups is 1. The van der Waals surface area contributed by atoms with E-state index >= 15 is 0 Å². The summed E-state index contributed by atoms with van der Waals surface area (Å²) < 4.78 is 2.88. The molecule has 1 N–H and O–H groups in total. The average Bonchev–Trinajstić information content (AvgIpc) is 2.96. The first-order valence-corrected chi connectivity index (χ1v) is 9.45. The summed E-state index contributed by atoms with van der Waals surface area (Å²) >= 11 is 4.74. The van der Waals surface area contributed by atoms with E-state index in [0.717, 1.165) is 21.5 Å². The lowest BCUT2D eigenvalue weighted by Crippen LogP contribution is -2.14. The van der Waals surface area contributed by atoms with Crippen molar-refractivity contribution in [3.63, 3.8) is 0 Å². The van der Waals surface area contributed by atoms with Gasteiger partial charge < -0.3 is 9.88 Å². The zero-order valence-corrected chi connectivity index (χ0v) is 16.3. The molecule has 0 saturated carbocycles. The van der Waals surface area contributed by atoms with Gasteiger partial charge in [0, 0.05) is 22.8 Å². The fraction of sp³-hybridized carbons (Fsp3) is 0.167. The third-order valence-electron chi connectivity index (χ3n) is 3.57. The van der Waals surface area contributed by atoms with Crippen LogP contribution in [0, 0.1) is 6.92 Å². The Morgan fingerprint density at radius 1 is 1.20 bits per heavy atom. The van der Waals surface area contributed by atoms with Gasteiger partial charge in [0.1, 0.15) is 0 Å². The Bertz CT molecular complexity index is 892. The summed E-state index contributed by atoms with van der Waals surface area (Å²) in [6, 6.07) is 15.6. The van der Waals surface area contributed by atoms with Crippen molar-refractivity contribution in [2.75, 3.05) is 11.1 Å². The van der Waals surface area contributed by atoms with Crippen molar-refractivity contribution in [1.82, 2.24) is 14.8 Å². The molecule has 1 heterocycles. The molecule has 0 spiro atoms. The van der Waals surface area contributed by atoms with E-state index in [4.69, 9.17) is 0 Å². The maximum absolute atomic E-state index is 12.1. The van der Waals surface area contributed by atoms with Gasteiger partial charge in [0.05, 0.1) is 5.75 Å². The zero-order valence-electron chi connectivity index (χ0n) is 13.9. The van der Waals surface area contributed by atoms with Gasteiger partial charge in [-0.15, -0.1) is 10.2 Å². The summed E-state index contributed by atoms with van der Waals surface area (Å²) in [6.07, 6.45) is 0. The van der Waals surface area contributed by atoms with Crippen LogP contribution in [0.5, 0.6) is 0 Å². The van der Waals surface area contributed by atoms with E-state index in [1.807, 2.05) is 61.0 Å². The van der Waals surface area contributed by atoms with Crippen molar-refractivity contribution in [3.05, 3.63) is 58.6 Å². The number of amides is 1. The average molecular weight is 417 g/mol. The molecule has 25 heavy (non-hydrogen) atoms. The van der Waals surface area contributed by atoms with Crippen LogP contribution in [-0.2, 0) is 11.8 Å². The van der Waals surface area contributed by atoms with Crippen molar-refractivity contribution in [2.45, 2.75) is 12.1 Å². The normalized spacial score (nSPS) is 10.7. The minimum Gasteiger partial charge on any atom is -0.325 e. The highest BCUT2D eigenvalue weighted by Crippen LogP contribution is 2.23. The molecule has 5 nitrogen and oxygen atoms in total. The molecule has 0 bridgehead atoms. The Labute approximate surface area is 159 Å². The smallest absolute Gasteiger partial charge is 0.234 e. The fourth-order valence-electron chi connectivity index (χ4n) is 2.34. The molecular formula is C18H17BrN4OS. The molecule has 0 aliphatic carbocycles. The third kappa shape index (κ3) is 4.49. The molecule has 3 rings (SSSR count). The Hall–Kier alpha value is -2.12. The standard InChI is InChI=1S/C18H17BrN4OS/c1-12-4-3-5-13(10-12)17-21-22-18(23(17)2)25-11-16(24)20-15-8-6-14(19)7-9-15/h3-10H,11H2,1-2H3,(H,20,24). The number of hydrogen-bond acceptors (Lipinski definition) is 4. The fourth-order valence-corrected chi connectivity index (χ4v) is 3.31. The number of hydrogen-bond donors (Lipinski definition) is 1. The lowest BCUT2D eigenvalue weighted by atomic mass is 10.1. The highest BCUT2D eigenvalue weighted by atomic mass is 79.9. The van der Waals surface area contributed by atoms with E-state index in [-0.39, 0.29) is 11.7 Å². The molecule has 1 amide bonds. The van der Waals surface area contributed by atoms with E-state index < -0.39 is 0 Å². The molecule has 0 unspecified atom stereocenters. The Balaban J connectivity index is 1.64. The second-order valence-corrected chi connectivity index (χ2v) is 7.44. The van der Waals surface area contributed by atoms with Gasteiger partial charge in [-0.3, -0.25) is 4.79 Å². The third-order valence-corrected chi connectivity index (χ3v) is 5.12. The van der Waals surface area contributed by atoms with Gasteiger partial charge in [-0.25, -0.2) is 0 Å². The van der Waals surface area contributed by atoms with Crippen LogP contribution in [0.25, 0.3) is 11.4 Å². The van der Waals surface area contributed by atoms with Crippen LogP contribution in [0.1, 0.15) is 5.56 Å². The molecule has 0 aliphatic heterocycles. The molecule has 2 aromatic carbocycles. The first-order chi connectivity index (χ1) is 12.0. The van der Waals surface area contributed by atoms with E-state index in [1.54, 1.807) is 0 Å². The summed E-state index contributed by atoms with van der Waals surface area (Å²) in [4.78, 5) is 12.1. The van der Waals surface area contributed by atoms with Crippen LogP contribution in [0.3, 0.4) is 0 Å². The summed E-state index contributed by atoms with van der Waals surface area (Å²) in [5.74, 6) is 0.988. The number of halogens is 1. The van der Waals surface area contributed by atoms with E-state index in [1.165, 1.54) is 17.3 Å². The number of carbonyl (C=O) groups excluding carboxylic acids is 1. The van der Waals surface area contributed by atoms with Gasteiger partial charge in [0.15, 0.2) is 11.0 Å². The SMILES string of the molecule is Cc1cccc(-c2nnc(SCC(=O)Nc3ccc(Br)cc3)n2C)c1. The van der Waals surface area contributed by atoms with Gasteiger partial charge in [0.25, 0.3) is 0 Å². The number of aromatic nitrogens is 3. The lowest BCUT2D eigenvalue weighted by Gasteiger charge is -2.06. The second-order valence-electron chi connectivity index (χ2n) is 5.58. The number of nitrogens with one attached hydrogen (secondary N) is 1. The molecule has 0 atom stereocenters. The summed E-state index contributed by atoms with van der Waals surface area (Å²) in [5.41, 5.74) is 2.96. The number of carbonyl (C=O) groups is 1. The number of aryl methyl sites for hydroxylation is 1. The molecule has 0 radical (unpaired) electrons. The monoisotopic (exact) mass is 416 g/mol. The van der Waals surface area contributed by atoms with E-state index in [2.05, 4.69) is 37.5 Å². The topological polar surface area (TPSA) is 59.8 Å². The first kappa shape index (κ1) is 17.7. The molecule has 0 fully saturated rings. The number of anilines is 1. The highest BCUT2D eigenvalue weighted by Gasteiger charge is 2.13. The zero-order chi connectivity index (χ0) is 17.8. The summed E-state index contributed by atoms with van der Waals surface area (Å²) in [6.45, 7) is 2.04. The van der Waals surface area contributed by atoms with Gasteiger partial charge in [-0.1, -0.05) is 51.5 Å². The maximum Gasteiger partial charge on any atom is 0.234 e. The summed E-state index contributed by atoms with van der Waals surface area (Å²) in [7, 11) is 1.91. The Kier molecular flexibility index (Phi) is 5.55. The van der Waals surface area contributed by atoms with Crippen LogP contribution < -0.4 is 5.32 Å². The van der Waals surface area contributed by atoms with Crippen molar-refractivity contribution in [3.8, 4) is 11.4 Å². The molecule has 7 heteroatoms. The molecule has 3 aromatic rings. The predicted octanol–water partition coefficient (Wildman–Crippen LogP) is 4.28. The second kappa shape index (κ2) is 7.84. The van der Waals surface area contributed by atoms with Crippen LogP contribution in [-0.4, -0.2) is 26.4 Å². The van der Waals surface area contributed by atoms with Crippen molar-refractivity contribution < 1.29 is 4.79 Å². The number of nitrogens with zero attached hydrogens (tertiary/aromatic N) is 3. The first-order valence-electron chi connectivity index (χ1n) is 7.67. The maximum atomic E-state index is 12.1. The van der Waals surface area contributed by atoms with Gasteiger partial charge in [-0.2, -0.15) is 0 Å². The van der Waals surface area contributed by atoms with E-state index in [9.17, 15) is 4.79 Å². The molecule has 128 valence electrons.